The first-order chi connectivity index (χ1) is 11.2. The standard InChI is InChI=1S/C17H14N4O2/c22-14-8-4-5-12(9-14)11-18-21-17(23)16-10-15(19-20-16)13-6-2-1-3-7-13/h1-11,22H,(H,19,20)(H,21,23)/b18-11+. The molecule has 2 aromatic carbocycles. The van der Waals surface area contributed by atoms with Crippen molar-refractivity contribution in [2.24, 2.45) is 5.10 Å². The van der Waals surface area contributed by atoms with Crippen LogP contribution in [-0.2, 0) is 0 Å². The number of hydrazone groups is 1. The van der Waals surface area contributed by atoms with Crippen molar-refractivity contribution >= 4 is 12.1 Å². The van der Waals surface area contributed by atoms with E-state index in [1.165, 1.54) is 6.21 Å². The maximum absolute atomic E-state index is 12.0. The summed E-state index contributed by atoms with van der Waals surface area (Å²) >= 11 is 0. The van der Waals surface area contributed by atoms with Gasteiger partial charge in [0.25, 0.3) is 5.91 Å². The summed E-state index contributed by atoms with van der Waals surface area (Å²) in [6, 6.07) is 17.8. The second-order valence-corrected chi connectivity index (χ2v) is 4.83. The third-order valence-corrected chi connectivity index (χ3v) is 3.14. The summed E-state index contributed by atoms with van der Waals surface area (Å²) in [5.74, 6) is -0.252. The van der Waals surface area contributed by atoms with Crippen LogP contribution >= 0.6 is 0 Å². The maximum atomic E-state index is 12.0. The highest BCUT2D eigenvalue weighted by Gasteiger charge is 2.09. The van der Waals surface area contributed by atoms with Gasteiger partial charge in [0.15, 0.2) is 0 Å². The molecular weight excluding hydrogens is 292 g/mol. The highest BCUT2D eigenvalue weighted by Crippen LogP contribution is 2.16. The van der Waals surface area contributed by atoms with Crippen LogP contribution in [-0.4, -0.2) is 27.4 Å². The van der Waals surface area contributed by atoms with E-state index in [2.05, 4.69) is 20.7 Å². The summed E-state index contributed by atoms with van der Waals surface area (Å²) in [6.45, 7) is 0. The zero-order chi connectivity index (χ0) is 16.1. The van der Waals surface area contributed by atoms with Crippen LogP contribution in [0.3, 0.4) is 0 Å². The van der Waals surface area contributed by atoms with Gasteiger partial charge in [-0.15, -0.1) is 0 Å². The summed E-state index contributed by atoms with van der Waals surface area (Å²) in [4.78, 5) is 12.0. The van der Waals surface area contributed by atoms with Gasteiger partial charge in [-0.3, -0.25) is 9.89 Å². The molecule has 1 heterocycles. The van der Waals surface area contributed by atoms with Gasteiger partial charge in [-0.1, -0.05) is 42.5 Å². The quantitative estimate of drug-likeness (QED) is 0.511. The van der Waals surface area contributed by atoms with Crippen LogP contribution in [0.15, 0.2) is 65.8 Å². The van der Waals surface area contributed by atoms with Gasteiger partial charge in [0.2, 0.25) is 0 Å². The van der Waals surface area contributed by atoms with Crippen LogP contribution in [0, 0.1) is 0 Å². The fraction of sp³-hybridized carbons (Fsp3) is 0. The number of nitrogens with zero attached hydrogens (tertiary/aromatic N) is 2. The van der Waals surface area contributed by atoms with Crippen LogP contribution in [0.1, 0.15) is 16.1 Å². The summed E-state index contributed by atoms with van der Waals surface area (Å²) in [7, 11) is 0. The lowest BCUT2D eigenvalue weighted by atomic mass is 10.1. The molecule has 6 nitrogen and oxygen atoms in total. The Morgan fingerprint density at radius 2 is 1.96 bits per heavy atom. The Labute approximate surface area is 132 Å². The number of aromatic hydroxyl groups is 1. The van der Waals surface area contributed by atoms with E-state index in [0.29, 0.717) is 17.0 Å². The predicted octanol–water partition coefficient (Wildman–Crippen LogP) is 2.55. The molecule has 0 saturated carbocycles. The second-order valence-electron chi connectivity index (χ2n) is 4.83. The van der Waals surface area contributed by atoms with Gasteiger partial charge in [0, 0.05) is 5.56 Å². The Morgan fingerprint density at radius 3 is 2.74 bits per heavy atom. The van der Waals surface area contributed by atoms with E-state index in [9.17, 15) is 9.90 Å². The van der Waals surface area contributed by atoms with Crippen molar-refractivity contribution < 1.29 is 9.90 Å². The van der Waals surface area contributed by atoms with E-state index in [-0.39, 0.29) is 5.75 Å². The minimum Gasteiger partial charge on any atom is -0.508 e. The number of phenolic OH excluding ortho intramolecular Hbond substituents is 1. The van der Waals surface area contributed by atoms with E-state index in [1.807, 2.05) is 30.3 Å². The van der Waals surface area contributed by atoms with Crippen LogP contribution < -0.4 is 5.43 Å². The summed E-state index contributed by atoms with van der Waals surface area (Å²) in [5.41, 5.74) is 5.02. The van der Waals surface area contributed by atoms with E-state index < -0.39 is 5.91 Å². The molecule has 1 amide bonds. The third-order valence-electron chi connectivity index (χ3n) is 3.14. The Hall–Kier alpha value is -3.41. The number of hydrogen-bond donors (Lipinski definition) is 3. The zero-order valence-corrected chi connectivity index (χ0v) is 12.1. The molecule has 0 spiro atoms. The molecule has 1 aromatic heterocycles. The van der Waals surface area contributed by atoms with Gasteiger partial charge < -0.3 is 5.11 Å². The fourth-order valence-corrected chi connectivity index (χ4v) is 2.03. The molecule has 0 fully saturated rings. The smallest absolute Gasteiger partial charge is 0.289 e. The van der Waals surface area contributed by atoms with Crippen molar-refractivity contribution in [2.75, 3.05) is 0 Å². The second kappa shape index (κ2) is 6.57. The summed E-state index contributed by atoms with van der Waals surface area (Å²) in [6.07, 6.45) is 1.45. The number of benzene rings is 2. The normalized spacial score (nSPS) is 10.8. The van der Waals surface area contributed by atoms with Crippen LogP contribution in [0.4, 0.5) is 0 Å². The number of rotatable bonds is 4. The molecule has 23 heavy (non-hydrogen) atoms. The number of aromatic nitrogens is 2. The predicted molar refractivity (Wildman–Crippen MR) is 87.2 cm³/mol. The lowest BCUT2D eigenvalue weighted by Crippen LogP contribution is -2.17. The number of carbonyl (C=O) groups excluding carboxylic acids is 1. The summed E-state index contributed by atoms with van der Waals surface area (Å²) < 4.78 is 0. The molecule has 0 unspecified atom stereocenters. The van der Waals surface area contributed by atoms with Crippen molar-refractivity contribution in [3.05, 3.63) is 71.9 Å². The zero-order valence-electron chi connectivity index (χ0n) is 12.1. The first-order valence-electron chi connectivity index (χ1n) is 6.95. The lowest BCUT2D eigenvalue weighted by molar-refractivity contribution is 0.0950. The van der Waals surface area contributed by atoms with Crippen molar-refractivity contribution in [3.8, 4) is 17.0 Å². The molecular formula is C17H14N4O2. The third kappa shape index (κ3) is 3.62. The van der Waals surface area contributed by atoms with Crippen molar-refractivity contribution in [2.45, 2.75) is 0 Å². The topological polar surface area (TPSA) is 90.4 Å². The van der Waals surface area contributed by atoms with Gasteiger partial charge >= 0.3 is 0 Å². The number of H-pyrrole nitrogens is 1. The number of aromatic amines is 1. The fourth-order valence-electron chi connectivity index (χ4n) is 2.03. The van der Waals surface area contributed by atoms with Crippen LogP contribution in [0.2, 0.25) is 0 Å². The van der Waals surface area contributed by atoms with E-state index in [4.69, 9.17) is 0 Å². The SMILES string of the molecule is O=C(N/N=C/c1cccc(O)c1)c1cc(-c2ccccc2)n[nH]1. The first-order valence-corrected chi connectivity index (χ1v) is 6.95. The van der Waals surface area contributed by atoms with Crippen LogP contribution in [0.5, 0.6) is 5.75 Å². The number of phenols is 1. The van der Waals surface area contributed by atoms with Crippen molar-refractivity contribution in [1.29, 1.82) is 0 Å². The molecule has 0 atom stereocenters. The number of nitrogens with one attached hydrogen (secondary N) is 2. The number of amides is 1. The average Bonchev–Trinajstić information content (AvgIpc) is 3.06. The molecule has 0 bridgehead atoms. The van der Waals surface area contributed by atoms with Crippen LogP contribution in [0.25, 0.3) is 11.3 Å². The monoisotopic (exact) mass is 306 g/mol. The van der Waals surface area contributed by atoms with Gasteiger partial charge in [0.1, 0.15) is 11.4 Å². The molecule has 6 heteroatoms. The molecule has 114 valence electrons. The maximum Gasteiger partial charge on any atom is 0.289 e. The molecule has 0 aliphatic rings. The molecule has 0 aliphatic carbocycles. The van der Waals surface area contributed by atoms with Gasteiger partial charge in [-0.05, 0) is 23.8 Å². The minimum atomic E-state index is -0.393. The Kier molecular flexibility index (Phi) is 4.15. The van der Waals surface area contributed by atoms with Gasteiger partial charge in [-0.25, -0.2) is 5.43 Å². The van der Waals surface area contributed by atoms with Gasteiger partial charge in [-0.2, -0.15) is 10.2 Å². The Balaban J connectivity index is 1.66. The van der Waals surface area contributed by atoms with Crippen molar-refractivity contribution in [3.63, 3.8) is 0 Å². The van der Waals surface area contributed by atoms with Gasteiger partial charge in [0.05, 0.1) is 11.9 Å². The van der Waals surface area contributed by atoms with Crippen molar-refractivity contribution in [1.82, 2.24) is 15.6 Å². The molecule has 0 radical (unpaired) electrons. The molecule has 3 N–H and O–H groups in total. The molecule has 0 aliphatic heterocycles. The average molecular weight is 306 g/mol. The Bertz CT molecular complexity index is 841. The molecule has 3 rings (SSSR count). The number of carbonyl (C=O) groups is 1. The number of hydrogen-bond acceptors (Lipinski definition) is 4. The Morgan fingerprint density at radius 1 is 1.13 bits per heavy atom. The van der Waals surface area contributed by atoms with E-state index >= 15 is 0 Å². The lowest BCUT2D eigenvalue weighted by Gasteiger charge is -1.96. The minimum absolute atomic E-state index is 0.140. The van der Waals surface area contributed by atoms with E-state index in [0.717, 1.165) is 5.56 Å². The highest BCUT2D eigenvalue weighted by atomic mass is 16.3. The van der Waals surface area contributed by atoms with E-state index in [1.54, 1.807) is 30.3 Å². The largest absolute Gasteiger partial charge is 0.508 e. The molecule has 0 saturated heterocycles. The first kappa shape index (κ1) is 14.5. The highest BCUT2D eigenvalue weighted by molar-refractivity contribution is 5.94. The summed E-state index contributed by atoms with van der Waals surface area (Å²) in [5, 5.41) is 20.0. The molecule has 3 aromatic rings.